The first-order chi connectivity index (χ1) is 9.16. The maximum Gasteiger partial charge on any atom is 0.346 e. The molecule has 0 atom stereocenters. The van der Waals surface area contributed by atoms with Gasteiger partial charge in [0, 0.05) is 15.6 Å². The Morgan fingerprint density at radius 1 is 1.53 bits per heavy atom. The molecule has 0 unspecified atom stereocenters. The van der Waals surface area contributed by atoms with E-state index >= 15 is 0 Å². The summed E-state index contributed by atoms with van der Waals surface area (Å²) in [6.07, 6.45) is -0.0247. The number of carboxylic acid groups (broad SMARTS) is 1. The third kappa shape index (κ3) is 2.22. The van der Waals surface area contributed by atoms with Crippen LogP contribution in [-0.4, -0.2) is 30.4 Å². The molecule has 1 N–H and O–H groups in total. The minimum absolute atomic E-state index is 0.0247. The fraction of sp³-hybridized carbons (Fsp3) is 0.308. The number of halogens is 1. The minimum atomic E-state index is -1.05. The molecular weight excluding hydrogens is 271 g/mol. The van der Waals surface area contributed by atoms with E-state index in [0.717, 1.165) is 11.3 Å². The van der Waals surface area contributed by atoms with Crippen molar-refractivity contribution in [3.05, 3.63) is 34.5 Å². The molecular formula is C13H11FO4S. The van der Waals surface area contributed by atoms with Gasteiger partial charge in [0.1, 0.15) is 16.8 Å². The lowest BCUT2D eigenvalue weighted by Crippen LogP contribution is -2.35. The second kappa shape index (κ2) is 4.88. The molecule has 1 aromatic heterocycles. The second-order valence-corrected chi connectivity index (χ2v) is 5.35. The molecule has 0 bridgehead atoms. The van der Waals surface area contributed by atoms with E-state index < -0.39 is 11.8 Å². The quantitative estimate of drug-likeness (QED) is 0.936. The number of carbonyl (C=O) groups is 1. The lowest BCUT2D eigenvalue weighted by Gasteiger charge is -2.26. The Hall–Kier alpha value is -1.50. The van der Waals surface area contributed by atoms with Gasteiger partial charge in [-0.3, -0.25) is 0 Å². The summed E-state index contributed by atoms with van der Waals surface area (Å²) in [6.45, 7) is 1.11. The largest absolute Gasteiger partial charge is 0.477 e. The maximum atomic E-state index is 13.9. The summed E-state index contributed by atoms with van der Waals surface area (Å²) in [7, 11) is 0. The first kappa shape index (κ1) is 12.5. The fourth-order valence-electron chi connectivity index (χ4n) is 1.99. The predicted molar refractivity (Wildman–Crippen MR) is 68.1 cm³/mol. The number of benzene rings is 1. The van der Waals surface area contributed by atoms with E-state index in [0.29, 0.717) is 28.9 Å². The highest BCUT2D eigenvalue weighted by Crippen LogP contribution is 2.34. The lowest BCUT2D eigenvalue weighted by atomic mass is 10.1. The van der Waals surface area contributed by atoms with Crippen LogP contribution in [0.25, 0.3) is 10.1 Å². The van der Waals surface area contributed by atoms with Gasteiger partial charge in [-0.15, -0.1) is 11.3 Å². The van der Waals surface area contributed by atoms with Crippen LogP contribution in [-0.2, 0) is 16.1 Å². The van der Waals surface area contributed by atoms with Gasteiger partial charge in [-0.2, -0.15) is 0 Å². The van der Waals surface area contributed by atoms with Crippen molar-refractivity contribution in [3.8, 4) is 0 Å². The van der Waals surface area contributed by atoms with Gasteiger partial charge in [0.25, 0.3) is 0 Å². The Morgan fingerprint density at radius 2 is 2.32 bits per heavy atom. The second-order valence-electron chi connectivity index (χ2n) is 4.30. The van der Waals surface area contributed by atoms with E-state index in [1.165, 1.54) is 6.07 Å². The van der Waals surface area contributed by atoms with E-state index in [1.54, 1.807) is 12.1 Å². The van der Waals surface area contributed by atoms with Crippen molar-refractivity contribution in [3.63, 3.8) is 0 Å². The van der Waals surface area contributed by atoms with Crippen molar-refractivity contribution >= 4 is 27.4 Å². The smallest absolute Gasteiger partial charge is 0.346 e. The van der Waals surface area contributed by atoms with Crippen LogP contribution < -0.4 is 0 Å². The van der Waals surface area contributed by atoms with Crippen LogP contribution in [0.1, 0.15) is 15.2 Å². The van der Waals surface area contributed by atoms with Crippen LogP contribution in [0.2, 0.25) is 0 Å². The number of carboxylic acids is 1. The first-order valence-corrected chi connectivity index (χ1v) is 6.61. The zero-order valence-electron chi connectivity index (χ0n) is 9.89. The van der Waals surface area contributed by atoms with Gasteiger partial charge in [0.15, 0.2) is 0 Å². The summed E-state index contributed by atoms with van der Waals surface area (Å²) in [5, 5.41) is 9.55. The molecule has 100 valence electrons. The first-order valence-electron chi connectivity index (χ1n) is 5.79. The summed E-state index contributed by atoms with van der Waals surface area (Å²) in [5.41, 5.74) is 0.414. The number of hydrogen-bond acceptors (Lipinski definition) is 4. The van der Waals surface area contributed by atoms with Crippen molar-refractivity contribution < 1.29 is 23.8 Å². The van der Waals surface area contributed by atoms with Crippen molar-refractivity contribution in [2.24, 2.45) is 0 Å². The van der Waals surface area contributed by atoms with Crippen LogP contribution in [0.4, 0.5) is 4.39 Å². The zero-order chi connectivity index (χ0) is 13.4. The van der Waals surface area contributed by atoms with Gasteiger partial charge in [0.05, 0.1) is 19.8 Å². The van der Waals surface area contributed by atoms with Gasteiger partial charge >= 0.3 is 5.97 Å². The Morgan fingerprint density at radius 3 is 2.95 bits per heavy atom. The SMILES string of the molecule is O=C(O)c1sc2cccc(F)c2c1COC1COC1. The molecule has 1 fully saturated rings. The van der Waals surface area contributed by atoms with Gasteiger partial charge in [-0.25, -0.2) is 9.18 Å². The molecule has 1 aliphatic rings. The monoisotopic (exact) mass is 282 g/mol. The van der Waals surface area contributed by atoms with Gasteiger partial charge in [-0.1, -0.05) is 6.07 Å². The summed E-state index contributed by atoms with van der Waals surface area (Å²) < 4.78 is 25.0. The number of rotatable bonds is 4. The van der Waals surface area contributed by atoms with E-state index in [2.05, 4.69) is 0 Å². The fourth-order valence-corrected chi connectivity index (χ4v) is 3.05. The highest BCUT2D eigenvalue weighted by Gasteiger charge is 2.24. The molecule has 6 heteroatoms. The molecule has 0 spiro atoms. The third-order valence-electron chi connectivity index (χ3n) is 3.03. The predicted octanol–water partition coefficient (Wildman–Crippen LogP) is 2.65. The summed E-state index contributed by atoms with van der Waals surface area (Å²) in [5.74, 6) is -1.46. The molecule has 0 amide bonds. The lowest BCUT2D eigenvalue weighted by molar-refractivity contribution is -0.135. The highest BCUT2D eigenvalue weighted by atomic mass is 32.1. The number of fused-ring (bicyclic) bond motifs is 1. The molecule has 3 rings (SSSR count). The standard InChI is InChI=1S/C13H11FO4S/c14-9-2-1-3-10-11(9)8(12(19-10)13(15)16)6-18-7-4-17-5-7/h1-3,7H,4-6H2,(H,15,16). The van der Waals surface area contributed by atoms with Gasteiger partial charge in [0.2, 0.25) is 0 Å². The van der Waals surface area contributed by atoms with Crippen molar-refractivity contribution in [1.29, 1.82) is 0 Å². The van der Waals surface area contributed by atoms with Gasteiger partial charge in [-0.05, 0) is 12.1 Å². The Bertz CT molecular complexity index is 633. The van der Waals surface area contributed by atoms with Crippen LogP contribution in [0, 0.1) is 5.82 Å². The molecule has 2 heterocycles. The van der Waals surface area contributed by atoms with Crippen molar-refractivity contribution in [1.82, 2.24) is 0 Å². The molecule has 1 saturated heterocycles. The molecule has 19 heavy (non-hydrogen) atoms. The normalized spacial score (nSPS) is 15.6. The van der Waals surface area contributed by atoms with E-state index in [4.69, 9.17) is 9.47 Å². The van der Waals surface area contributed by atoms with Crippen LogP contribution in [0.5, 0.6) is 0 Å². The van der Waals surface area contributed by atoms with E-state index in [-0.39, 0.29) is 17.6 Å². The van der Waals surface area contributed by atoms with E-state index in [1.807, 2.05) is 0 Å². The zero-order valence-corrected chi connectivity index (χ0v) is 10.7. The molecule has 4 nitrogen and oxygen atoms in total. The van der Waals surface area contributed by atoms with Gasteiger partial charge < -0.3 is 14.6 Å². The minimum Gasteiger partial charge on any atom is -0.477 e. The van der Waals surface area contributed by atoms with Crippen LogP contribution >= 0.6 is 11.3 Å². The number of thiophene rings is 1. The Labute approximate surface area is 112 Å². The van der Waals surface area contributed by atoms with Crippen molar-refractivity contribution in [2.45, 2.75) is 12.7 Å². The maximum absolute atomic E-state index is 13.9. The summed E-state index contributed by atoms with van der Waals surface area (Å²) in [6, 6.07) is 4.62. The molecule has 1 aliphatic heterocycles. The highest BCUT2D eigenvalue weighted by molar-refractivity contribution is 7.21. The Kier molecular flexibility index (Phi) is 3.22. The summed E-state index contributed by atoms with van der Waals surface area (Å²) in [4.78, 5) is 11.4. The summed E-state index contributed by atoms with van der Waals surface area (Å²) >= 11 is 1.07. The third-order valence-corrected chi connectivity index (χ3v) is 4.21. The molecule has 2 aromatic rings. The number of ether oxygens (including phenoxy) is 2. The van der Waals surface area contributed by atoms with E-state index in [9.17, 15) is 14.3 Å². The Balaban J connectivity index is 2.02. The van der Waals surface area contributed by atoms with Crippen LogP contribution in [0.3, 0.4) is 0 Å². The van der Waals surface area contributed by atoms with Crippen LogP contribution in [0.15, 0.2) is 18.2 Å². The molecule has 1 aromatic carbocycles. The number of aromatic carboxylic acids is 1. The molecule has 0 aliphatic carbocycles. The average Bonchev–Trinajstić information content (AvgIpc) is 2.68. The molecule has 0 radical (unpaired) electrons. The topological polar surface area (TPSA) is 55.8 Å². The molecule has 0 saturated carbocycles. The average molecular weight is 282 g/mol. The van der Waals surface area contributed by atoms with Crippen molar-refractivity contribution in [2.75, 3.05) is 13.2 Å². The number of hydrogen-bond donors (Lipinski definition) is 1.